The van der Waals surface area contributed by atoms with Crippen molar-refractivity contribution in [1.82, 2.24) is 0 Å². The Morgan fingerprint density at radius 3 is 2.50 bits per heavy atom. The highest BCUT2D eigenvalue weighted by molar-refractivity contribution is 5.75. The van der Waals surface area contributed by atoms with Crippen LogP contribution in [0.25, 0.3) is 0 Å². The second kappa shape index (κ2) is 6.98. The van der Waals surface area contributed by atoms with E-state index in [4.69, 9.17) is 9.84 Å². The van der Waals surface area contributed by atoms with Gasteiger partial charge in [-0.2, -0.15) is 0 Å². The van der Waals surface area contributed by atoms with Gasteiger partial charge in [0.1, 0.15) is 6.29 Å². The van der Waals surface area contributed by atoms with Gasteiger partial charge in [-0.25, -0.2) is 0 Å². The van der Waals surface area contributed by atoms with Crippen molar-refractivity contribution in [1.29, 1.82) is 0 Å². The monoisotopic (exact) mass is 223 g/mol. The quantitative estimate of drug-likeness (QED) is 0.699. The van der Waals surface area contributed by atoms with Gasteiger partial charge in [-0.05, 0) is 24.3 Å². The van der Waals surface area contributed by atoms with E-state index in [0.717, 1.165) is 18.5 Å². The third-order valence-electron chi connectivity index (χ3n) is 2.33. The first-order valence-electron chi connectivity index (χ1n) is 5.21. The molecule has 0 aliphatic carbocycles. The Kier molecular flexibility index (Phi) is 5.53. The third kappa shape index (κ3) is 3.64. The Balaban J connectivity index is 2.70. The van der Waals surface area contributed by atoms with Crippen LogP contribution in [0.15, 0.2) is 24.3 Å². The lowest BCUT2D eigenvalue weighted by atomic mass is 10.2. The highest BCUT2D eigenvalue weighted by Crippen LogP contribution is 2.14. The van der Waals surface area contributed by atoms with Crippen molar-refractivity contribution in [3.63, 3.8) is 0 Å². The van der Waals surface area contributed by atoms with Crippen LogP contribution in [0, 0.1) is 0 Å². The molecule has 0 fully saturated rings. The van der Waals surface area contributed by atoms with E-state index in [1.807, 2.05) is 17.0 Å². The van der Waals surface area contributed by atoms with Crippen LogP contribution in [-0.2, 0) is 4.74 Å². The molecule has 0 unspecified atom stereocenters. The Morgan fingerprint density at radius 1 is 1.31 bits per heavy atom. The average Bonchev–Trinajstić information content (AvgIpc) is 2.35. The van der Waals surface area contributed by atoms with E-state index in [0.29, 0.717) is 18.7 Å². The molecule has 0 saturated heterocycles. The molecular weight excluding hydrogens is 206 g/mol. The number of aldehydes is 1. The molecule has 0 saturated carbocycles. The molecule has 0 aromatic heterocycles. The average molecular weight is 223 g/mol. The number of methoxy groups -OCH3 is 1. The maximum atomic E-state index is 10.5. The molecule has 1 rings (SSSR count). The first kappa shape index (κ1) is 12.7. The molecule has 0 amide bonds. The summed E-state index contributed by atoms with van der Waals surface area (Å²) >= 11 is 0. The second-order valence-electron chi connectivity index (χ2n) is 3.41. The maximum Gasteiger partial charge on any atom is 0.150 e. The number of carbonyl (C=O) groups is 1. The smallest absolute Gasteiger partial charge is 0.150 e. The van der Waals surface area contributed by atoms with E-state index in [-0.39, 0.29) is 6.61 Å². The minimum Gasteiger partial charge on any atom is -0.395 e. The number of hydrogen-bond donors (Lipinski definition) is 1. The molecule has 4 heteroatoms. The summed E-state index contributed by atoms with van der Waals surface area (Å²) in [4.78, 5) is 12.5. The summed E-state index contributed by atoms with van der Waals surface area (Å²) < 4.78 is 5.01. The van der Waals surface area contributed by atoms with Crippen molar-refractivity contribution in [3.05, 3.63) is 29.8 Å². The second-order valence-corrected chi connectivity index (χ2v) is 3.41. The molecular formula is C12H17NO3. The summed E-state index contributed by atoms with van der Waals surface area (Å²) in [7, 11) is 1.65. The molecule has 1 aromatic carbocycles. The van der Waals surface area contributed by atoms with E-state index in [1.54, 1.807) is 19.2 Å². The Labute approximate surface area is 95.5 Å². The molecule has 1 N–H and O–H groups in total. The third-order valence-corrected chi connectivity index (χ3v) is 2.33. The van der Waals surface area contributed by atoms with Crippen molar-refractivity contribution in [2.75, 3.05) is 38.3 Å². The van der Waals surface area contributed by atoms with Crippen LogP contribution in [0.5, 0.6) is 0 Å². The molecule has 0 aliphatic heterocycles. The van der Waals surface area contributed by atoms with Crippen LogP contribution in [-0.4, -0.2) is 44.8 Å². The largest absolute Gasteiger partial charge is 0.395 e. The Hall–Kier alpha value is -1.39. The van der Waals surface area contributed by atoms with Gasteiger partial charge in [0, 0.05) is 31.5 Å². The standard InChI is InChI=1S/C12H17NO3/c1-16-9-7-13(6-8-14)12-4-2-11(10-15)3-5-12/h2-5,10,14H,6-9H2,1H3. The number of anilines is 1. The van der Waals surface area contributed by atoms with Gasteiger partial charge in [-0.15, -0.1) is 0 Å². The maximum absolute atomic E-state index is 10.5. The van der Waals surface area contributed by atoms with E-state index in [9.17, 15) is 4.79 Å². The SMILES string of the molecule is COCCN(CCO)c1ccc(C=O)cc1. The number of rotatable bonds is 7. The lowest BCUT2D eigenvalue weighted by Gasteiger charge is -2.23. The van der Waals surface area contributed by atoms with Crippen molar-refractivity contribution < 1.29 is 14.6 Å². The predicted octanol–water partition coefficient (Wildman–Crippen LogP) is 0.944. The number of nitrogens with zero attached hydrogens (tertiary/aromatic N) is 1. The van der Waals surface area contributed by atoms with Crippen LogP contribution in [0.4, 0.5) is 5.69 Å². The van der Waals surface area contributed by atoms with E-state index in [1.165, 1.54) is 0 Å². The van der Waals surface area contributed by atoms with Gasteiger partial charge in [-0.1, -0.05) is 0 Å². The van der Waals surface area contributed by atoms with E-state index < -0.39 is 0 Å². The summed E-state index contributed by atoms with van der Waals surface area (Å²) in [5.74, 6) is 0. The lowest BCUT2D eigenvalue weighted by Crippen LogP contribution is -2.30. The molecule has 0 bridgehead atoms. The minimum absolute atomic E-state index is 0.0964. The van der Waals surface area contributed by atoms with Crippen molar-refractivity contribution in [3.8, 4) is 0 Å². The lowest BCUT2D eigenvalue weighted by molar-refractivity contribution is 0.112. The van der Waals surface area contributed by atoms with Crippen LogP contribution in [0.1, 0.15) is 10.4 Å². The van der Waals surface area contributed by atoms with Gasteiger partial charge in [0.2, 0.25) is 0 Å². The number of aliphatic hydroxyl groups excluding tert-OH is 1. The molecule has 0 aliphatic rings. The van der Waals surface area contributed by atoms with Gasteiger partial charge in [0.05, 0.1) is 13.2 Å². The van der Waals surface area contributed by atoms with Crippen LogP contribution >= 0.6 is 0 Å². The molecule has 16 heavy (non-hydrogen) atoms. The molecule has 0 radical (unpaired) electrons. The van der Waals surface area contributed by atoms with Gasteiger partial charge < -0.3 is 14.7 Å². The molecule has 0 spiro atoms. The van der Waals surface area contributed by atoms with Crippen molar-refractivity contribution >= 4 is 12.0 Å². The van der Waals surface area contributed by atoms with E-state index >= 15 is 0 Å². The summed E-state index contributed by atoms with van der Waals surface area (Å²) in [6, 6.07) is 7.27. The number of aliphatic hydroxyl groups is 1. The molecule has 0 atom stereocenters. The van der Waals surface area contributed by atoms with Crippen LogP contribution < -0.4 is 4.90 Å². The fraction of sp³-hybridized carbons (Fsp3) is 0.417. The number of benzene rings is 1. The Morgan fingerprint density at radius 2 is 2.00 bits per heavy atom. The van der Waals surface area contributed by atoms with Gasteiger partial charge >= 0.3 is 0 Å². The molecule has 0 heterocycles. The highest BCUT2D eigenvalue weighted by atomic mass is 16.5. The molecule has 88 valence electrons. The zero-order chi connectivity index (χ0) is 11.8. The minimum atomic E-state index is 0.0964. The topological polar surface area (TPSA) is 49.8 Å². The van der Waals surface area contributed by atoms with Crippen LogP contribution in [0.2, 0.25) is 0 Å². The number of carbonyl (C=O) groups excluding carboxylic acids is 1. The Bertz CT molecular complexity index is 311. The fourth-order valence-corrected chi connectivity index (χ4v) is 1.46. The summed E-state index contributed by atoms with van der Waals surface area (Å²) in [6.07, 6.45) is 0.815. The highest BCUT2D eigenvalue weighted by Gasteiger charge is 2.05. The number of hydrogen-bond acceptors (Lipinski definition) is 4. The normalized spacial score (nSPS) is 10.1. The number of ether oxygens (including phenoxy) is 1. The first-order valence-corrected chi connectivity index (χ1v) is 5.21. The summed E-state index contributed by atoms with van der Waals surface area (Å²) in [5.41, 5.74) is 1.64. The van der Waals surface area contributed by atoms with Crippen LogP contribution in [0.3, 0.4) is 0 Å². The summed E-state index contributed by atoms with van der Waals surface area (Å²) in [6.45, 7) is 1.98. The summed E-state index contributed by atoms with van der Waals surface area (Å²) in [5, 5.41) is 8.96. The van der Waals surface area contributed by atoms with Gasteiger partial charge in [0.15, 0.2) is 0 Å². The molecule has 4 nitrogen and oxygen atoms in total. The van der Waals surface area contributed by atoms with Crippen molar-refractivity contribution in [2.24, 2.45) is 0 Å². The first-order chi connectivity index (χ1) is 7.81. The van der Waals surface area contributed by atoms with Gasteiger partial charge in [-0.3, -0.25) is 4.79 Å². The van der Waals surface area contributed by atoms with Crippen molar-refractivity contribution in [2.45, 2.75) is 0 Å². The van der Waals surface area contributed by atoms with E-state index in [2.05, 4.69) is 0 Å². The predicted molar refractivity (Wildman–Crippen MR) is 63.0 cm³/mol. The zero-order valence-corrected chi connectivity index (χ0v) is 9.43. The molecule has 1 aromatic rings. The fourth-order valence-electron chi connectivity index (χ4n) is 1.46. The van der Waals surface area contributed by atoms with Gasteiger partial charge in [0.25, 0.3) is 0 Å². The zero-order valence-electron chi connectivity index (χ0n) is 9.43.